The average molecular weight is 230 g/mol. The van der Waals surface area contributed by atoms with Crippen molar-refractivity contribution >= 4 is 58.0 Å². The van der Waals surface area contributed by atoms with E-state index >= 15 is 0 Å². The molecule has 0 saturated heterocycles. The zero-order chi connectivity index (χ0) is 7.71. The van der Waals surface area contributed by atoms with Crippen LogP contribution in [0.3, 0.4) is 0 Å². The molecule has 0 aromatic heterocycles. The third-order valence-electron chi connectivity index (χ3n) is 0.842. The average Bonchev–Trinajstić information content (AvgIpc) is 1.64. The number of alkyl halides is 5. The molecular weight excluding hydrogens is 225 g/mol. The van der Waals surface area contributed by atoms with Crippen LogP contribution in [-0.2, 0) is 0 Å². The summed E-state index contributed by atoms with van der Waals surface area (Å²) in [4.78, 5) is -0.987. The van der Waals surface area contributed by atoms with Crippen LogP contribution in [0.15, 0.2) is 0 Å². The molecule has 0 heterocycles. The second kappa shape index (κ2) is 3.23. The molecule has 0 rings (SSSR count). The summed E-state index contributed by atoms with van der Waals surface area (Å²) in [7, 11) is 0. The lowest BCUT2D eigenvalue weighted by atomic mass is 10.2. The van der Waals surface area contributed by atoms with Crippen LogP contribution in [0.2, 0.25) is 0 Å². The molecule has 0 aliphatic carbocycles. The van der Waals surface area contributed by atoms with Crippen LogP contribution < -0.4 is 0 Å². The highest BCUT2D eigenvalue weighted by Crippen LogP contribution is 2.43. The molecule has 0 aromatic rings. The number of rotatable bonds is 1. The van der Waals surface area contributed by atoms with Crippen LogP contribution >= 0.6 is 58.0 Å². The van der Waals surface area contributed by atoms with Gasteiger partial charge in [-0.25, -0.2) is 0 Å². The summed E-state index contributed by atoms with van der Waals surface area (Å²) in [5, 5.41) is 0. The standard InChI is InChI=1S/C4H5Cl5/c1-3(6,2-5)4(7,8)9/h2H2,1H3/t3-/m1/s1. The maximum atomic E-state index is 5.67. The Bertz CT molecular complexity index is 91.6. The van der Waals surface area contributed by atoms with Gasteiger partial charge >= 0.3 is 0 Å². The van der Waals surface area contributed by atoms with E-state index in [1.54, 1.807) is 6.92 Å². The summed E-state index contributed by atoms with van der Waals surface area (Å²) in [6.07, 6.45) is 0. The highest BCUT2D eigenvalue weighted by molar-refractivity contribution is 6.71. The van der Waals surface area contributed by atoms with Gasteiger partial charge in [0, 0.05) is 5.88 Å². The highest BCUT2D eigenvalue weighted by Gasteiger charge is 2.42. The Morgan fingerprint density at radius 2 is 1.44 bits per heavy atom. The summed E-state index contributed by atoms with van der Waals surface area (Å²) in [5.74, 6) is 0.102. The Kier molecular flexibility index (Phi) is 3.75. The lowest BCUT2D eigenvalue weighted by Crippen LogP contribution is -2.35. The van der Waals surface area contributed by atoms with Crippen molar-refractivity contribution in [2.45, 2.75) is 15.6 Å². The minimum Gasteiger partial charge on any atom is -0.125 e. The van der Waals surface area contributed by atoms with Crippen molar-refractivity contribution in [2.75, 3.05) is 5.88 Å². The van der Waals surface area contributed by atoms with E-state index in [1.165, 1.54) is 0 Å². The van der Waals surface area contributed by atoms with Gasteiger partial charge in [-0.05, 0) is 6.92 Å². The molecule has 0 unspecified atom stereocenters. The molecule has 0 aliphatic rings. The van der Waals surface area contributed by atoms with Gasteiger partial charge in [0.15, 0.2) is 0 Å². The lowest BCUT2D eigenvalue weighted by Gasteiger charge is -2.26. The fourth-order valence-electron chi connectivity index (χ4n) is 0.0758. The quantitative estimate of drug-likeness (QED) is 0.604. The molecule has 0 fully saturated rings. The van der Waals surface area contributed by atoms with Gasteiger partial charge in [-0.1, -0.05) is 34.8 Å². The normalized spacial score (nSPS) is 19.3. The van der Waals surface area contributed by atoms with E-state index in [0.717, 1.165) is 0 Å². The van der Waals surface area contributed by atoms with Gasteiger partial charge in [0.25, 0.3) is 0 Å². The lowest BCUT2D eigenvalue weighted by molar-refractivity contribution is 0.726. The molecule has 5 heteroatoms. The number of halogens is 5. The molecule has 0 aromatic carbocycles. The predicted molar refractivity (Wildman–Crippen MR) is 45.3 cm³/mol. The molecule has 56 valence electrons. The number of hydrogen-bond acceptors (Lipinski definition) is 0. The van der Waals surface area contributed by atoms with Crippen molar-refractivity contribution in [2.24, 2.45) is 0 Å². The third kappa shape index (κ3) is 2.90. The van der Waals surface area contributed by atoms with E-state index in [4.69, 9.17) is 58.0 Å². The second-order valence-electron chi connectivity index (χ2n) is 1.83. The zero-order valence-corrected chi connectivity index (χ0v) is 8.38. The minimum atomic E-state index is -1.50. The minimum absolute atomic E-state index is 0.102. The van der Waals surface area contributed by atoms with Crippen molar-refractivity contribution in [3.05, 3.63) is 0 Å². The molecule has 0 bridgehead atoms. The maximum absolute atomic E-state index is 5.67. The van der Waals surface area contributed by atoms with Crippen LogP contribution in [0.4, 0.5) is 0 Å². The van der Waals surface area contributed by atoms with E-state index in [0.29, 0.717) is 0 Å². The molecule has 0 amide bonds. The van der Waals surface area contributed by atoms with Crippen molar-refractivity contribution < 1.29 is 0 Å². The molecule has 0 saturated carbocycles. The Labute approximate surface area is 79.4 Å². The Balaban J connectivity index is 4.14. The van der Waals surface area contributed by atoms with Crippen molar-refractivity contribution in [3.8, 4) is 0 Å². The van der Waals surface area contributed by atoms with Gasteiger partial charge in [-0.3, -0.25) is 0 Å². The fraction of sp³-hybridized carbons (Fsp3) is 1.00. The summed E-state index contributed by atoms with van der Waals surface area (Å²) in [6, 6.07) is 0. The van der Waals surface area contributed by atoms with Gasteiger partial charge < -0.3 is 0 Å². The first-order valence-corrected chi connectivity index (χ1v) is 4.17. The monoisotopic (exact) mass is 228 g/mol. The van der Waals surface area contributed by atoms with Crippen LogP contribution in [0.5, 0.6) is 0 Å². The van der Waals surface area contributed by atoms with Crippen LogP contribution in [0.25, 0.3) is 0 Å². The van der Waals surface area contributed by atoms with Gasteiger partial charge in [0.1, 0.15) is 4.87 Å². The van der Waals surface area contributed by atoms with Crippen LogP contribution in [-0.4, -0.2) is 14.5 Å². The summed E-state index contributed by atoms with van der Waals surface area (Å²) in [5.41, 5.74) is 0. The Morgan fingerprint density at radius 3 is 1.44 bits per heavy atom. The summed E-state index contributed by atoms with van der Waals surface area (Å²) < 4.78 is -1.50. The molecule has 9 heavy (non-hydrogen) atoms. The molecule has 1 atom stereocenters. The van der Waals surface area contributed by atoms with Crippen LogP contribution in [0.1, 0.15) is 6.92 Å². The van der Waals surface area contributed by atoms with Gasteiger partial charge in [-0.2, -0.15) is 0 Å². The van der Waals surface area contributed by atoms with Gasteiger partial charge in [-0.15, -0.1) is 23.2 Å². The first-order chi connectivity index (χ1) is 3.81. The fourth-order valence-corrected chi connectivity index (χ4v) is 0.682. The maximum Gasteiger partial charge on any atom is 0.210 e. The van der Waals surface area contributed by atoms with E-state index < -0.39 is 8.67 Å². The molecule has 0 N–H and O–H groups in total. The molecule has 0 spiro atoms. The van der Waals surface area contributed by atoms with Crippen LogP contribution in [0, 0.1) is 0 Å². The topological polar surface area (TPSA) is 0 Å². The molecule has 0 aliphatic heterocycles. The Morgan fingerprint density at radius 1 is 1.11 bits per heavy atom. The Hall–Kier alpha value is 1.45. The first kappa shape index (κ1) is 10.4. The molecular formula is C4H5Cl5. The highest BCUT2D eigenvalue weighted by atomic mass is 35.6. The second-order valence-corrected chi connectivity index (χ2v) is 5.21. The summed E-state index contributed by atoms with van der Waals surface area (Å²) >= 11 is 27.4. The van der Waals surface area contributed by atoms with Gasteiger partial charge in [0.05, 0.1) is 0 Å². The zero-order valence-electron chi connectivity index (χ0n) is 4.60. The van der Waals surface area contributed by atoms with Crippen molar-refractivity contribution in [3.63, 3.8) is 0 Å². The predicted octanol–water partition coefficient (Wildman–Crippen LogP) is 3.59. The third-order valence-corrected chi connectivity index (χ3v) is 3.47. The largest absolute Gasteiger partial charge is 0.210 e. The van der Waals surface area contributed by atoms with Crippen molar-refractivity contribution in [1.82, 2.24) is 0 Å². The van der Waals surface area contributed by atoms with Gasteiger partial charge in [0.2, 0.25) is 3.79 Å². The molecule has 0 nitrogen and oxygen atoms in total. The summed E-state index contributed by atoms with van der Waals surface area (Å²) in [6.45, 7) is 1.56. The first-order valence-electron chi connectivity index (χ1n) is 2.13. The number of hydrogen-bond donors (Lipinski definition) is 0. The smallest absolute Gasteiger partial charge is 0.125 e. The van der Waals surface area contributed by atoms with Crippen molar-refractivity contribution in [1.29, 1.82) is 0 Å². The van der Waals surface area contributed by atoms with E-state index in [2.05, 4.69) is 0 Å². The van der Waals surface area contributed by atoms with E-state index in [1.807, 2.05) is 0 Å². The SMILES string of the molecule is C[C@@](Cl)(CCl)C(Cl)(Cl)Cl. The van der Waals surface area contributed by atoms with E-state index in [-0.39, 0.29) is 5.88 Å². The van der Waals surface area contributed by atoms with E-state index in [9.17, 15) is 0 Å². The molecule has 0 radical (unpaired) electrons.